The van der Waals surface area contributed by atoms with Gasteiger partial charge in [-0.3, -0.25) is 0 Å². The maximum atomic E-state index is 12.6. The van der Waals surface area contributed by atoms with Gasteiger partial charge in [0.05, 0.1) is 20.2 Å². The van der Waals surface area contributed by atoms with Crippen molar-refractivity contribution in [2.24, 2.45) is 0 Å². The molecule has 128 valence electrons. The Morgan fingerprint density at radius 3 is 2.38 bits per heavy atom. The molecule has 1 fully saturated rings. The highest BCUT2D eigenvalue weighted by Gasteiger charge is 2.29. The first-order chi connectivity index (χ1) is 11.5. The van der Waals surface area contributed by atoms with E-state index in [9.17, 15) is 8.42 Å². The SMILES string of the molecule is O=S(=O)(c1ccc(Oc2ccc(Cl)c(Cl)c2)nc1)C1CCCCC1. The standard InChI is InChI=1S/C17H17Cl2NO3S/c18-15-8-6-12(10-16(15)19)23-17-9-7-14(11-20-17)24(21,22)13-4-2-1-3-5-13/h6-11,13H,1-5H2. The molecule has 0 N–H and O–H groups in total. The molecular weight excluding hydrogens is 369 g/mol. The lowest BCUT2D eigenvalue weighted by atomic mass is 10.0. The molecule has 24 heavy (non-hydrogen) atoms. The molecule has 1 aromatic heterocycles. The van der Waals surface area contributed by atoms with E-state index in [0.29, 0.717) is 21.7 Å². The Kier molecular flexibility index (Phi) is 5.33. The van der Waals surface area contributed by atoms with Crippen molar-refractivity contribution < 1.29 is 13.2 Å². The smallest absolute Gasteiger partial charge is 0.219 e. The van der Waals surface area contributed by atoms with Gasteiger partial charge in [-0.05, 0) is 31.0 Å². The van der Waals surface area contributed by atoms with E-state index in [-0.39, 0.29) is 10.1 Å². The van der Waals surface area contributed by atoms with Crippen molar-refractivity contribution in [3.8, 4) is 11.6 Å². The minimum Gasteiger partial charge on any atom is -0.439 e. The number of rotatable bonds is 4. The second-order valence-corrected chi connectivity index (χ2v) is 8.86. The lowest BCUT2D eigenvalue weighted by Crippen LogP contribution is -2.24. The van der Waals surface area contributed by atoms with E-state index in [2.05, 4.69) is 4.98 Å². The molecule has 2 aromatic rings. The normalized spacial score (nSPS) is 16.1. The summed E-state index contributed by atoms with van der Waals surface area (Å²) in [5, 5.41) is 0.520. The van der Waals surface area contributed by atoms with Crippen molar-refractivity contribution in [3.05, 3.63) is 46.6 Å². The van der Waals surface area contributed by atoms with E-state index in [1.165, 1.54) is 6.20 Å². The number of aromatic nitrogens is 1. The van der Waals surface area contributed by atoms with Crippen LogP contribution < -0.4 is 4.74 Å². The summed E-state index contributed by atoms with van der Waals surface area (Å²) in [6.45, 7) is 0. The summed E-state index contributed by atoms with van der Waals surface area (Å²) in [6, 6.07) is 7.98. The van der Waals surface area contributed by atoms with Gasteiger partial charge in [0.1, 0.15) is 5.75 Å². The average Bonchev–Trinajstić information content (AvgIpc) is 2.59. The maximum absolute atomic E-state index is 12.6. The number of benzene rings is 1. The van der Waals surface area contributed by atoms with Gasteiger partial charge in [0.25, 0.3) is 0 Å². The lowest BCUT2D eigenvalue weighted by Gasteiger charge is -2.21. The molecule has 0 saturated heterocycles. The van der Waals surface area contributed by atoms with Gasteiger partial charge in [-0.15, -0.1) is 0 Å². The minimum atomic E-state index is -3.32. The number of hydrogen-bond acceptors (Lipinski definition) is 4. The zero-order valence-corrected chi connectivity index (χ0v) is 15.2. The Morgan fingerprint density at radius 1 is 1.00 bits per heavy atom. The van der Waals surface area contributed by atoms with Gasteiger partial charge < -0.3 is 4.74 Å². The van der Waals surface area contributed by atoms with Crippen molar-refractivity contribution in [1.82, 2.24) is 4.98 Å². The second-order valence-electron chi connectivity index (χ2n) is 5.82. The van der Waals surface area contributed by atoms with Crippen LogP contribution in [0.3, 0.4) is 0 Å². The summed E-state index contributed by atoms with van der Waals surface area (Å²) in [6.07, 6.45) is 5.86. The van der Waals surface area contributed by atoms with Gasteiger partial charge in [0.15, 0.2) is 9.84 Å². The Hall–Kier alpha value is -1.30. The Labute approximate surface area is 151 Å². The van der Waals surface area contributed by atoms with Crippen molar-refractivity contribution in [1.29, 1.82) is 0 Å². The van der Waals surface area contributed by atoms with Crippen molar-refractivity contribution in [2.75, 3.05) is 0 Å². The summed E-state index contributed by atoms with van der Waals surface area (Å²) in [4.78, 5) is 4.36. The molecule has 1 aliphatic rings. The highest BCUT2D eigenvalue weighted by atomic mass is 35.5. The van der Waals surface area contributed by atoms with Crippen LogP contribution >= 0.6 is 23.2 Å². The molecule has 1 heterocycles. The lowest BCUT2D eigenvalue weighted by molar-refractivity contribution is 0.461. The van der Waals surface area contributed by atoms with Crippen LogP contribution in [0, 0.1) is 0 Å². The number of nitrogens with zero attached hydrogens (tertiary/aromatic N) is 1. The average molecular weight is 386 g/mol. The van der Waals surface area contributed by atoms with Crippen LogP contribution in [0.2, 0.25) is 10.0 Å². The third kappa shape index (κ3) is 3.85. The van der Waals surface area contributed by atoms with Crippen LogP contribution in [0.15, 0.2) is 41.4 Å². The molecule has 0 spiro atoms. The molecule has 0 amide bonds. The van der Waals surface area contributed by atoms with Gasteiger partial charge in [-0.2, -0.15) is 0 Å². The van der Waals surface area contributed by atoms with Crippen LogP contribution in [0.1, 0.15) is 32.1 Å². The van der Waals surface area contributed by atoms with E-state index in [1.807, 2.05) is 0 Å². The first-order valence-corrected chi connectivity index (χ1v) is 10.1. The molecular formula is C17H17Cl2NO3S. The van der Waals surface area contributed by atoms with E-state index < -0.39 is 9.84 Å². The molecule has 0 atom stereocenters. The Bertz CT molecular complexity index is 816. The fourth-order valence-electron chi connectivity index (χ4n) is 2.82. The third-order valence-electron chi connectivity index (χ3n) is 4.14. The van der Waals surface area contributed by atoms with Gasteiger partial charge in [-0.1, -0.05) is 42.5 Å². The second kappa shape index (κ2) is 7.30. The van der Waals surface area contributed by atoms with Crippen LogP contribution in [0.4, 0.5) is 0 Å². The van der Waals surface area contributed by atoms with Gasteiger partial charge in [0, 0.05) is 18.3 Å². The number of halogens is 2. The third-order valence-corrected chi connectivity index (χ3v) is 7.13. The highest BCUT2D eigenvalue weighted by molar-refractivity contribution is 7.92. The largest absolute Gasteiger partial charge is 0.439 e. The Balaban J connectivity index is 1.76. The van der Waals surface area contributed by atoms with Crippen molar-refractivity contribution >= 4 is 33.0 Å². The van der Waals surface area contributed by atoms with Gasteiger partial charge in [0.2, 0.25) is 5.88 Å². The molecule has 0 bridgehead atoms. The van der Waals surface area contributed by atoms with E-state index in [1.54, 1.807) is 30.3 Å². The topological polar surface area (TPSA) is 56.3 Å². The van der Waals surface area contributed by atoms with Crippen LogP contribution in [0.5, 0.6) is 11.6 Å². The number of ether oxygens (including phenoxy) is 1. The molecule has 3 rings (SSSR count). The summed E-state index contributed by atoms with van der Waals surface area (Å²) >= 11 is 11.8. The zero-order valence-electron chi connectivity index (χ0n) is 12.9. The summed E-state index contributed by atoms with van der Waals surface area (Å²) in [5.41, 5.74) is 0. The van der Waals surface area contributed by atoms with Crippen LogP contribution in [-0.2, 0) is 9.84 Å². The van der Waals surface area contributed by atoms with E-state index in [4.69, 9.17) is 27.9 Å². The fraction of sp³-hybridized carbons (Fsp3) is 0.353. The zero-order chi connectivity index (χ0) is 17.2. The maximum Gasteiger partial charge on any atom is 0.219 e. The molecule has 4 nitrogen and oxygen atoms in total. The molecule has 1 aromatic carbocycles. The Morgan fingerprint density at radius 2 is 1.75 bits per heavy atom. The first-order valence-electron chi connectivity index (χ1n) is 7.80. The van der Waals surface area contributed by atoms with Gasteiger partial charge >= 0.3 is 0 Å². The number of hydrogen-bond donors (Lipinski definition) is 0. The summed E-state index contributed by atoms with van der Waals surface area (Å²) < 4.78 is 30.8. The predicted molar refractivity (Wildman–Crippen MR) is 94.8 cm³/mol. The highest BCUT2D eigenvalue weighted by Crippen LogP contribution is 2.31. The molecule has 1 saturated carbocycles. The quantitative estimate of drug-likeness (QED) is 0.717. The molecule has 7 heteroatoms. The fourth-order valence-corrected chi connectivity index (χ4v) is 4.91. The molecule has 1 aliphatic carbocycles. The molecule has 0 unspecified atom stereocenters. The number of pyridine rings is 1. The van der Waals surface area contributed by atoms with Crippen LogP contribution in [-0.4, -0.2) is 18.7 Å². The van der Waals surface area contributed by atoms with Crippen molar-refractivity contribution in [3.63, 3.8) is 0 Å². The van der Waals surface area contributed by atoms with Gasteiger partial charge in [-0.25, -0.2) is 13.4 Å². The molecule has 0 radical (unpaired) electrons. The summed E-state index contributed by atoms with van der Waals surface area (Å²) in [5.74, 6) is 0.788. The summed E-state index contributed by atoms with van der Waals surface area (Å²) in [7, 11) is -3.32. The van der Waals surface area contributed by atoms with E-state index >= 15 is 0 Å². The van der Waals surface area contributed by atoms with E-state index in [0.717, 1.165) is 32.1 Å². The molecule has 0 aliphatic heterocycles. The van der Waals surface area contributed by atoms with Crippen LogP contribution in [0.25, 0.3) is 0 Å². The van der Waals surface area contributed by atoms with Crippen molar-refractivity contribution in [2.45, 2.75) is 42.2 Å². The minimum absolute atomic E-state index is 0.246. The number of sulfone groups is 1. The predicted octanol–water partition coefficient (Wildman–Crippen LogP) is 5.29. The first kappa shape index (κ1) is 17.5. The monoisotopic (exact) mass is 385 g/mol.